The fourth-order valence-corrected chi connectivity index (χ4v) is 3.83. The number of benzene rings is 4. The smallest absolute Gasteiger partial charge is 0.160 e. The normalized spacial score (nSPS) is 12.4. The van der Waals surface area contributed by atoms with E-state index in [1.807, 2.05) is 91.9 Å². The Morgan fingerprint density at radius 3 is 2.03 bits per heavy atom. The summed E-state index contributed by atoms with van der Waals surface area (Å²) in [6, 6.07) is 34.2. The van der Waals surface area contributed by atoms with Crippen LogP contribution < -0.4 is 0 Å². The molecule has 3 heteroatoms. The molecule has 0 aliphatic rings. The lowest BCUT2D eigenvalue weighted by Crippen LogP contribution is -2.04. The lowest BCUT2D eigenvalue weighted by Gasteiger charge is -2.08. The van der Waals surface area contributed by atoms with E-state index in [-0.39, 0.29) is 0 Å². The summed E-state index contributed by atoms with van der Waals surface area (Å²) in [5, 5.41) is 2.05. The molecule has 3 nitrogen and oxygen atoms in total. The zero-order valence-corrected chi connectivity index (χ0v) is 17.8. The van der Waals surface area contributed by atoms with Crippen LogP contribution in [0.1, 0.15) is 23.6 Å². The lowest BCUT2D eigenvalue weighted by molar-refractivity contribution is 0.669. The minimum absolute atomic E-state index is 0.609. The van der Waals surface area contributed by atoms with Crippen LogP contribution in [0.3, 0.4) is 0 Å². The molecule has 0 atom stereocenters. The molecule has 0 aliphatic heterocycles. The number of para-hydroxylation sites is 1. The van der Waals surface area contributed by atoms with Crippen molar-refractivity contribution in [2.45, 2.75) is 6.92 Å². The molecule has 5 aromatic rings. The molecule has 0 radical (unpaired) electrons. The summed E-state index contributed by atoms with van der Waals surface area (Å²) in [5.74, 6) is 0.609. The molecule has 0 aliphatic carbocycles. The van der Waals surface area contributed by atoms with Gasteiger partial charge in [0.25, 0.3) is 0 Å². The van der Waals surface area contributed by atoms with Crippen LogP contribution in [0.15, 0.2) is 124 Å². The maximum absolute atomic E-state index is 6.10. The zero-order chi connectivity index (χ0) is 21.9. The van der Waals surface area contributed by atoms with Crippen molar-refractivity contribution in [3.8, 4) is 0 Å². The fraction of sp³-hybridized carbons (Fsp3) is 0.0345. The van der Waals surface area contributed by atoms with E-state index in [2.05, 4.69) is 24.8 Å². The number of rotatable bonds is 4. The van der Waals surface area contributed by atoms with E-state index in [4.69, 9.17) is 14.4 Å². The van der Waals surface area contributed by atoms with E-state index < -0.39 is 0 Å². The van der Waals surface area contributed by atoms with Gasteiger partial charge in [0.05, 0.1) is 5.70 Å². The van der Waals surface area contributed by atoms with Crippen molar-refractivity contribution >= 4 is 39.2 Å². The first kappa shape index (κ1) is 19.7. The molecule has 0 saturated carbocycles. The molecule has 0 amide bonds. The molecule has 0 spiro atoms. The Morgan fingerprint density at radius 2 is 1.28 bits per heavy atom. The van der Waals surface area contributed by atoms with Gasteiger partial charge >= 0.3 is 0 Å². The van der Waals surface area contributed by atoms with Crippen molar-refractivity contribution in [1.29, 1.82) is 0 Å². The molecule has 0 unspecified atom stereocenters. The van der Waals surface area contributed by atoms with E-state index in [1.165, 1.54) is 0 Å². The quantitative estimate of drug-likeness (QED) is 0.221. The molecule has 0 fully saturated rings. The first-order valence-corrected chi connectivity index (χ1v) is 10.5. The summed E-state index contributed by atoms with van der Waals surface area (Å²) in [5.41, 5.74) is 6.13. The molecular formula is C29H22N2O. The van der Waals surface area contributed by atoms with E-state index in [9.17, 15) is 0 Å². The predicted octanol–water partition coefficient (Wildman–Crippen LogP) is 7.51. The highest BCUT2D eigenvalue weighted by Gasteiger charge is 2.15. The maximum Gasteiger partial charge on any atom is 0.160 e. The second kappa shape index (κ2) is 8.48. The molecule has 154 valence electrons. The molecular weight excluding hydrogens is 392 g/mol. The molecule has 4 aromatic carbocycles. The lowest BCUT2D eigenvalue weighted by atomic mass is 10.0. The summed E-state index contributed by atoms with van der Waals surface area (Å²) in [7, 11) is 0. The highest BCUT2D eigenvalue weighted by molar-refractivity contribution is 6.21. The molecule has 32 heavy (non-hydrogen) atoms. The number of aliphatic imine (C=N–C) groups is 2. The first-order chi connectivity index (χ1) is 15.7. The van der Waals surface area contributed by atoms with Crippen LogP contribution in [0.25, 0.3) is 27.6 Å². The summed E-state index contributed by atoms with van der Waals surface area (Å²) >= 11 is 0. The standard InChI is InChI=1S/C29H22N2O/c1-20(22-12-5-3-6-13-22)30-29(31-21(2)23-14-7-4-8-15-23)25-17-11-19-27-28(25)24-16-9-10-18-26(24)32-27/h3-19H,1H2,2H3/b30-29-,31-21+. The monoisotopic (exact) mass is 414 g/mol. The Balaban J connectivity index is 1.74. The number of amidine groups is 1. The van der Waals surface area contributed by atoms with Gasteiger partial charge in [-0.2, -0.15) is 0 Å². The molecule has 5 rings (SSSR count). The fourth-order valence-electron chi connectivity index (χ4n) is 3.83. The van der Waals surface area contributed by atoms with Gasteiger partial charge in [-0.05, 0) is 30.2 Å². The topological polar surface area (TPSA) is 37.9 Å². The third kappa shape index (κ3) is 3.77. The summed E-state index contributed by atoms with van der Waals surface area (Å²) in [6.07, 6.45) is 0. The van der Waals surface area contributed by atoms with Crippen molar-refractivity contribution in [2.24, 2.45) is 9.98 Å². The van der Waals surface area contributed by atoms with Crippen molar-refractivity contribution < 1.29 is 4.42 Å². The Kier molecular flexibility index (Phi) is 5.22. The predicted molar refractivity (Wildman–Crippen MR) is 134 cm³/mol. The van der Waals surface area contributed by atoms with E-state index in [0.29, 0.717) is 11.5 Å². The molecule has 0 bridgehead atoms. The maximum atomic E-state index is 6.10. The summed E-state index contributed by atoms with van der Waals surface area (Å²) in [4.78, 5) is 9.90. The van der Waals surface area contributed by atoms with Gasteiger partial charge < -0.3 is 4.42 Å². The van der Waals surface area contributed by atoms with Crippen molar-refractivity contribution in [3.05, 3.63) is 126 Å². The third-order valence-corrected chi connectivity index (χ3v) is 5.46. The van der Waals surface area contributed by atoms with Gasteiger partial charge in [-0.25, -0.2) is 9.98 Å². The number of hydrogen-bond acceptors (Lipinski definition) is 2. The average molecular weight is 415 g/mol. The van der Waals surface area contributed by atoms with Crippen LogP contribution in [-0.2, 0) is 0 Å². The first-order valence-electron chi connectivity index (χ1n) is 10.5. The number of furan rings is 1. The van der Waals surface area contributed by atoms with Crippen molar-refractivity contribution in [2.75, 3.05) is 0 Å². The van der Waals surface area contributed by atoms with Gasteiger partial charge in [0.2, 0.25) is 0 Å². The van der Waals surface area contributed by atoms with Crippen LogP contribution in [0.2, 0.25) is 0 Å². The van der Waals surface area contributed by atoms with Crippen LogP contribution in [-0.4, -0.2) is 11.5 Å². The van der Waals surface area contributed by atoms with E-state index in [0.717, 1.165) is 44.3 Å². The Labute approximate surface area is 187 Å². The second-order valence-electron chi connectivity index (χ2n) is 7.59. The van der Waals surface area contributed by atoms with Gasteiger partial charge in [0.15, 0.2) is 5.84 Å². The SMILES string of the molecule is C=C(/N=C(\N=C(/C)c1ccccc1)c1cccc2oc3ccccc3c12)c1ccccc1. The Bertz CT molecular complexity index is 1480. The van der Waals surface area contributed by atoms with Gasteiger partial charge in [0, 0.05) is 22.0 Å². The van der Waals surface area contributed by atoms with E-state index in [1.54, 1.807) is 0 Å². The molecule has 0 saturated heterocycles. The van der Waals surface area contributed by atoms with Crippen LogP contribution in [0.5, 0.6) is 0 Å². The average Bonchev–Trinajstić information content (AvgIpc) is 3.23. The largest absolute Gasteiger partial charge is 0.456 e. The van der Waals surface area contributed by atoms with Crippen molar-refractivity contribution in [1.82, 2.24) is 0 Å². The number of hydrogen-bond donors (Lipinski definition) is 0. The number of fused-ring (bicyclic) bond motifs is 3. The van der Waals surface area contributed by atoms with Gasteiger partial charge in [-0.15, -0.1) is 0 Å². The highest BCUT2D eigenvalue weighted by Crippen LogP contribution is 2.32. The van der Waals surface area contributed by atoms with Gasteiger partial charge in [-0.1, -0.05) is 97.6 Å². The summed E-state index contributed by atoms with van der Waals surface area (Å²) < 4.78 is 6.10. The van der Waals surface area contributed by atoms with Crippen LogP contribution in [0.4, 0.5) is 0 Å². The van der Waals surface area contributed by atoms with Crippen molar-refractivity contribution in [3.63, 3.8) is 0 Å². The van der Waals surface area contributed by atoms with Gasteiger partial charge in [-0.3, -0.25) is 0 Å². The Hall–Kier alpha value is -4.24. The highest BCUT2D eigenvalue weighted by atomic mass is 16.3. The third-order valence-electron chi connectivity index (χ3n) is 5.46. The summed E-state index contributed by atoms with van der Waals surface area (Å²) in [6.45, 7) is 6.22. The van der Waals surface area contributed by atoms with Crippen LogP contribution in [0, 0.1) is 0 Å². The minimum Gasteiger partial charge on any atom is -0.456 e. The minimum atomic E-state index is 0.609. The number of nitrogens with zero attached hydrogens (tertiary/aromatic N) is 2. The zero-order valence-electron chi connectivity index (χ0n) is 17.8. The van der Waals surface area contributed by atoms with E-state index >= 15 is 0 Å². The molecule has 0 N–H and O–H groups in total. The van der Waals surface area contributed by atoms with Gasteiger partial charge in [0.1, 0.15) is 11.2 Å². The second-order valence-corrected chi connectivity index (χ2v) is 7.59. The molecule has 1 aromatic heterocycles. The molecule has 1 heterocycles. The van der Waals surface area contributed by atoms with Crippen LogP contribution >= 0.6 is 0 Å². The Morgan fingerprint density at radius 1 is 0.656 bits per heavy atom.